The Labute approximate surface area is 163 Å². The first kappa shape index (κ1) is 19.6. The normalized spacial score (nSPS) is 13.2. The van der Waals surface area contributed by atoms with E-state index in [0.717, 1.165) is 10.8 Å². The molecule has 1 amide bonds. The van der Waals surface area contributed by atoms with Crippen LogP contribution in [-0.2, 0) is 9.53 Å². The number of carbonyl (C=O) groups is 2. The molecule has 28 heavy (non-hydrogen) atoms. The molecule has 6 heteroatoms. The number of esters is 1. The Morgan fingerprint density at radius 3 is 2.43 bits per heavy atom. The van der Waals surface area contributed by atoms with E-state index in [1.165, 1.54) is 6.92 Å². The predicted octanol–water partition coefficient (Wildman–Crippen LogP) is 4.02. The van der Waals surface area contributed by atoms with Gasteiger partial charge in [0.25, 0.3) is 5.91 Å². The Morgan fingerprint density at radius 1 is 1.07 bits per heavy atom. The molecule has 0 aliphatic heterocycles. The monoisotopic (exact) mass is 380 g/mol. The summed E-state index contributed by atoms with van der Waals surface area (Å²) in [6, 6.07) is 13.3. The summed E-state index contributed by atoms with van der Waals surface area (Å²) in [5.74, 6) is -1.05. The number of H-pyrrole nitrogens is 1. The summed E-state index contributed by atoms with van der Waals surface area (Å²) >= 11 is 0. The van der Waals surface area contributed by atoms with E-state index in [0.29, 0.717) is 22.5 Å². The molecule has 0 radical (unpaired) electrons. The molecule has 2 aromatic carbocycles. The van der Waals surface area contributed by atoms with Gasteiger partial charge in [-0.15, -0.1) is 0 Å². The smallest absolute Gasteiger partial charge is 0.355 e. The molecule has 6 nitrogen and oxygen atoms in total. The molecule has 0 fully saturated rings. The molecular formula is C22H24N2O4. The van der Waals surface area contributed by atoms with Crippen LogP contribution in [0.2, 0.25) is 0 Å². The average molecular weight is 380 g/mol. The Bertz CT molecular complexity index is 1030. The van der Waals surface area contributed by atoms with E-state index in [1.807, 2.05) is 42.5 Å². The quantitative estimate of drug-likeness (QED) is 0.583. The van der Waals surface area contributed by atoms with Crippen LogP contribution in [0.5, 0.6) is 0 Å². The lowest BCUT2D eigenvalue weighted by atomic mass is 10.1. The number of aliphatic hydroxyl groups is 1. The first-order chi connectivity index (χ1) is 13.3. The maximum absolute atomic E-state index is 12.5. The zero-order valence-electron chi connectivity index (χ0n) is 16.4. The third-order valence-corrected chi connectivity index (χ3v) is 4.82. The predicted molar refractivity (Wildman–Crippen MR) is 108 cm³/mol. The van der Waals surface area contributed by atoms with E-state index in [-0.39, 0.29) is 5.69 Å². The zero-order chi connectivity index (χ0) is 20.4. The minimum absolute atomic E-state index is 0.248. The van der Waals surface area contributed by atoms with Gasteiger partial charge in [0, 0.05) is 22.3 Å². The Morgan fingerprint density at radius 2 is 1.75 bits per heavy atom. The van der Waals surface area contributed by atoms with Gasteiger partial charge < -0.3 is 20.1 Å². The number of aryl methyl sites for hydroxylation is 1. The fourth-order valence-electron chi connectivity index (χ4n) is 3.44. The fraction of sp³-hybridized carbons (Fsp3) is 0.273. The lowest BCUT2D eigenvalue weighted by Crippen LogP contribution is -2.30. The van der Waals surface area contributed by atoms with Crippen molar-refractivity contribution in [3.63, 3.8) is 0 Å². The maximum Gasteiger partial charge on any atom is 0.355 e. The first-order valence-electron chi connectivity index (χ1n) is 9.16. The SMILES string of the molecule is Cc1[nH]c(C(=O)O[C@@H](C)C(=O)Nc2cccc3ccccc23)c(C)c1[C@H](C)O. The molecule has 0 aliphatic carbocycles. The molecule has 0 saturated carbocycles. The number of hydrogen-bond donors (Lipinski definition) is 3. The standard InChI is InChI=1S/C22H24N2O4/c1-12-19(14(3)25)13(2)23-20(12)22(27)28-15(4)21(26)24-18-11-7-9-16-8-5-6-10-17(16)18/h5-11,14-15,23,25H,1-4H3,(H,24,26)/t14-,15-/m0/s1. The number of aromatic nitrogens is 1. The fourth-order valence-corrected chi connectivity index (χ4v) is 3.44. The molecule has 2 atom stereocenters. The van der Waals surface area contributed by atoms with Crippen LogP contribution in [0, 0.1) is 13.8 Å². The topological polar surface area (TPSA) is 91.4 Å². The van der Waals surface area contributed by atoms with Gasteiger partial charge in [0.05, 0.1) is 6.10 Å². The van der Waals surface area contributed by atoms with E-state index < -0.39 is 24.1 Å². The molecular weight excluding hydrogens is 356 g/mol. The first-order valence-corrected chi connectivity index (χ1v) is 9.16. The maximum atomic E-state index is 12.5. The highest BCUT2D eigenvalue weighted by molar-refractivity contribution is 6.04. The Kier molecular flexibility index (Phi) is 5.51. The number of benzene rings is 2. The lowest BCUT2D eigenvalue weighted by Gasteiger charge is -2.15. The van der Waals surface area contributed by atoms with Gasteiger partial charge in [-0.1, -0.05) is 36.4 Å². The van der Waals surface area contributed by atoms with Gasteiger partial charge in [0.2, 0.25) is 0 Å². The van der Waals surface area contributed by atoms with Gasteiger partial charge >= 0.3 is 5.97 Å². The number of amides is 1. The molecule has 0 spiro atoms. The second-order valence-corrected chi connectivity index (χ2v) is 6.90. The van der Waals surface area contributed by atoms with Crippen LogP contribution in [0.15, 0.2) is 42.5 Å². The van der Waals surface area contributed by atoms with Gasteiger partial charge in [-0.05, 0) is 44.7 Å². The summed E-state index contributed by atoms with van der Waals surface area (Å²) in [5, 5.41) is 14.6. The summed E-state index contributed by atoms with van der Waals surface area (Å²) < 4.78 is 5.35. The van der Waals surface area contributed by atoms with E-state index in [1.54, 1.807) is 20.8 Å². The molecule has 3 aromatic rings. The molecule has 0 bridgehead atoms. The van der Waals surface area contributed by atoms with E-state index >= 15 is 0 Å². The van der Waals surface area contributed by atoms with Gasteiger partial charge in [0.15, 0.2) is 6.10 Å². The molecule has 3 rings (SSSR count). The van der Waals surface area contributed by atoms with Gasteiger partial charge in [0.1, 0.15) is 5.69 Å². The molecule has 0 unspecified atom stereocenters. The number of carbonyl (C=O) groups excluding carboxylic acids is 2. The van der Waals surface area contributed by atoms with Crippen molar-refractivity contribution in [2.24, 2.45) is 0 Å². The van der Waals surface area contributed by atoms with Gasteiger partial charge in [-0.2, -0.15) is 0 Å². The van der Waals surface area contributed by atoms with Crippen LogP contribution < -0.4 is 5.32 Å². The van der Waals surface area contributed by atoms with Crippen molar-refractivity contribution in [3.05, 3.63) is 65.0 Å². The zero-order valence-corrected chi connectivity index (χ0v) is 16.4. The number of aliphatic hydroxyl groups excluding tert-OH is 1. The van der Waals surface area contributed by atoms with E-state index in [9.17, 15) is 14.7 Å². The van der Waals surface area contributed by atoms with Crippen molar-refractivity contribution in [2.75, 3.05) is 5.32 Å². The highest BCUT2D eigenvalue weighted by Crippen LogP contribution is 2.26. The highest BCUT2D eigenvalue weighted by Gasteiger charge is 2.25. The van der Waals surface area contributed by atoms with Crippen LogP contribution in [0.25, 0.3) is 10.8 Å². The summed E-state index contributed by atoms with van der Waals surface area (Å²) in [4.78, 5) is 28.0. The van der Waals surface area contributed by atoms with Gasteiger partial charge in [-0.3, -0.25) is 4.79 Å². The van der Waals surface area contributed by atoms with Crippen molar-refractivity contribution in [2.45, 2.75) is 39.9 Å². The minimum atomic E-state index is -0.982. The summed E-state index contributed by atoms with van der Waals surface area (Å²) in [7, 11) is 0. The van der Waals surface area contributed by atoms with Crippen LogP contribution in [0.1, 0.15) is 47.3 Å². The van der Waals surface area contributed by atoms with Crippen LogP contribution >= 0.6 is 0 Å². The largest absolute Gasteiger partial charge is 0.448 e. The number of aromatic amines is 1. The van der Waals surface area contributed by atoms with Crippen molar-refractivity contribution < 1.29 is 19.4 Å². The van der Waals surface area contributed by atoms with Crippen molar-refractivity contribution in [1.29, 1.82) is 0 Å². The molecule has 0 saturated heterocycles. The lowest BCUT2D eigenvalue weighted by molar-refractivity contribution is -0.123. The number of rotatable bonds is 5. The Balaban J connectivity index is 1.74. The number of anilines is 1. The molecule has 3 N–H and O–H groups in total. The molecule has 1 heterocycles. The van der Waals surface area contributed by atoms with Gasteiger partial charge in [-0.25, -0.2) is 4.79 Å². The van der Waals surface area contributed by atoms with Crippen molar-refractivity contribution >= 4 is 28.3 Å². The molecule has 1 aromatic heterocycles. The highest BCUT2D eigenvalue weighted by atomic mass is 16.5. The average Bonchev–Trinajstić information content (AvgIpc) is 2.96. The summed E-state index contributed by atoms with van der Waals surface area (Å²) in [5.41, 5.74) is 2.90. The van der Waals surface area contributed by atoms with Crippen LogP contribution in [0.4, 0.5) is 5.69 Å². The number of fused-ring (bicyclic) bond motifs is 1. The van der Waals surface area contributed by atoms with E-state index in [4.69, 9.17) is 4.74 Å². The third-order valence-electron chi connectivity index (χ3n) is 4.82. The second kappa shape index (κ2) is 7.86. The second-order valence-electron chi connectivity index (χ2n) is 6.90. The van der Waals surface area contributed by atoms with E-state index in [2.05, 4.69) is 10.3 Å². The molecule has 0 aliphatic rings. The minimum Gasteiger partial charge on any atom is -0.448 e. The summed E-state index contributed by atoms with van der Waals surface area (Å²) in [6.45, 7) is 6.68. The third kappa shape index (κ3) is 3.77. The summed E-state index contributed by atoms with van der Waals surface area (Å²) in [6.07, 6.45) is -1.69. The number of hydrogen-bond acceptors (Lipinski definition) is 4. The van der Waals surface area contributed by atoms with Crippen molar-refractivity contribution in [1.82, 2.24) is 4.98 Å². The van der Waals surface area contributed by atoms with Crippen molar-refractivity contribution in [3.8, 4) is 0 Å². The van der Waals surface area contributed by atoms with Crippen LogP contribution in [0.3, 0.4) is 0 Å². The Hall–Kier alpha value is -3.12. The number of ether oxygens (including phenoxy) is 1. The van der Waals surface area contributed by atoms with Crippen LogP contribution in [-0.4, -0.2) is 28.1 Å². The number of nitrogens with one attached hydrogen (secondary N) is 2. The molecule has 146 valence electrons.